The second-order valence-corrected chi connectivity index (χ2v) is 8.81. The molecule has 2 saturated heterocycles. The Morgan fingerprint density at radius 2 is 1.81 bits per heavy atom. The number of halogens is 2. The maximum absolute atomic E-state index is 13.5. The summed E-state index contributed by atoms with van der Waals surface area (Å²) in [6.07, 6.45) is 4.12. The highest BCUT2D eigenvalue weighted by atomic mass is 35.5. The Morgan fingerprint density at radius 3 is 2.50 bits per heavy atom. The summed E-state index contributed by atoms with van der Waals surface area (Å²) < 4.78 is 15.5. The van der Waals surface area contributed by atoms with Crippen LogP contribution >= 0.6 is 11.6 Å². The van der Waals surface area contributed by atoms with Gasteiger partial charge in [-0.3, -0.25) is 4.90 Å². The molecule has 6 nitrogen and oxygen atoms in total. The lowest BCUT2D eigenvalue weighted by Crippen LogP contribution is -2.48. The van der Waals surface area contributed by atoms with Crippen molar-refractivity contribution in [3.05, 3.63) is 65.1 Å². The number of nitrogens with zero attached hydrogens (tertiary/aromatic N) is 4. The summed E-state index contributed by atoms with van der Waals surface area (Å²) >= 11 is 6.36. The van der Waals surface area contributed by atoms with E-state index in [1.165, 1.54) is 17.0 Å². The van der Waals surface area contributed by atoms with Gasteiger partial charge in [0.1, 0.15) is 11.9 Å². The number of fused-ring (bicyclic) bond motifs is 1. The van der Waals surface area contributed by atoms with E-state index in [4.69, 9.17) is 11.6 Å². The molecule has 2 aliphatic rings. The number of carbonyl (C=O) groups excluding carboxylic acids is 1. The van der Waals surface area contributed by atoms with Crippen molar-refractivity contribution >= 4 is 28.5 Å². The molecule has 3 aromatic rings. The van der Waals surface area contributed by atoms with Gasteiger partial charge in [0.15, 0.2) is 6.23 Å². The Kier molecular flexibility index (Phi) is 5.57. The molecule has 2 fully saturated rings. The number of carbonyl (C=O) groups is 1. The number of aromatic nitrogens is 1. The third kappa shape index (κ3) is 3.45. The second kappa shape index (κ2) is 8.39. The average Bonchev–Trinajstić information content (AvgIpc) is 3.28. The molecule has 2 aliphatic heterocycles. The van der Waals surface area contributed by atoms with Crippen LogP contribution in [-0.2, 0) is 0 Å². The molecule has 168 valence electrons. The number of hydrogen-bond acceptors (Lipinski definition) is 3. The molecule has 2 unspecified atom stereocenters. The van der Waals surface area contributed by atoms with Crippen molar-refractivity contribution in [1.82, 2.24) is 19.5 Å². The summed E-state index contributed by atoms with van der Waals surface area (Å²) in [6.45, 7) is 3.85. The Balaban J connectivity index is 1.68. The zero-order valence-electron chi connectivity index (χ0n) is 17.9. The van der Waals surface area contributed by atoms with E-state index in [1.54, 1.807) is 17.1 Å². The third-order valence-corrected chi connectivity index (χ3v) is 6.74. The number of piperidine rings is 1. The van der Waals surface area contributed by atoms with Crippen LogP contribution in [0, 0.1) is 5.82 Å². The van der Waals surface area contributed by atoms with E-state index in [9.17, 15) is 14.3 Å². The fourth-order valence-electron chi connectivity index (χ4n) is 4.94. The van der Waals surface area contributed by atoms with Crippen LogP contribution in [0.5, 0.6) is 0 Å². The molecule has 1 aromatic heterocycles. The number of likely N-dealkylation sites (N-methyl/N-ethyl adjacent to an activating group) is 1. The smallest absolute Gasteiger partial charge is 0.337 e. The van der Waals surface area contributed by atoms with Crippen molar-refractivity contribution in [3.63, 3.8) is 0 Å². The van der Waals surface area contributed by atoms with Crippen molar-refractivity contribution in [1.29, 1.82) is 0 Å². The van der Waals surface area contributed by atoms with Gasteiger partial charge in [-0.05, 0) is 62.2 Å². The molecule has 0 bridgehead atoms. The summed E-state index contributed by atoms with van der Waals surface area (Å²) in [4.78, 5) is 14.8. The molecule has 0 spiro atoms. The highest BCUT2D eigenvalue weighted by Crippen LogP contribution is 2.41. The predicted molar refractivity (Wildman–Crippen MR) is 122 cm³/mol. The van der Waals surface area contributed by atoms with E-state index in [0.29, 0.717) is 11.6 Å². The molecule has 8 heteroatoms. The van der Waals surface area contributed by atoms with Gasteiger partial charge in [0.05, 0.1) is 5.52 Å². The number of aliphatic hydroxyl groups is 1. The van der Waals surface area contributed by atoms with Crippen LogP contribution in [0.25, 0.3) is 16.6 Å². The Labute approximate surface area is 191 Å². The minimum atomic E-state index is -0.985. The fraction of sp³-hybridized carbons (Fsp3) is 0.375. The number of benzene rings is 2. The van der Waals surface area contributed by atoms with Gasteiger partial charge in [0.2, 0.25) is 0 Å². The van der Waals surface area contributed by atoms with Gasteiger partial charge in [-0.25, -0.2) is 19.2 Å². The van der Waals surface area contributed by atoms with Crippen molar-refractivity contribution in [2.24, 2.45) is 0 Å². The molecule has 0 saturated carbocycles. The van der Waals surface area contributed by atoms with Gasteiger partial charge in [0.25, 0.3) is 0 Å². The van der Waals surface area contributed by atoms with Crippen LogP contribution in [0.15, 0.2) is 48.7 Å². The largest absolute Gasteiger partial charge is 0.371 e. The number of urea groups is 1. The Morgan fingerprint density at radius 1 is 1.09 bits per heavy atom. The first-order chi connectivity index (χ1) is 15.5. The first-order valence-electron chi connectivity index (χ1n) is 11.1. The molecule has 0 radical (unpaired) electrons. The molecule has 3 heterocycles. The topological polar surface area (TPSA) is 52.0 Å². The first-order valence-corrected chi connectivity index (χ1v) is 11.5. The zero-order valence-corrected chi connectivity index (χ0v) is 18.7. The van der Waals surface area contributed by atoms with Crippen LogP contribution < -0.4 is 0 Å². The molecule has 1 N–H and O–H groups in total. The number of aliphatic hydroxyl groups excluding tert-OH is 1. The maximum atomic E-state index is 13.5. The minimum absolute atomic E-state index is 0.184. The van der Waals surface area contributed by atoms with Crippen molar-refractivity contribution in [3.8, 4) is 5.69 Å². The SMILES string of the molecule is CCN1C(=O)N(N2CCCCC2)C(c2cn(-c3ccc(F)cc3)c3ccc(Cl)cc23)C1O. The molecule has 5 rings (SSSR count). The lowest BCUT2D eigenvalue weighted by atomic mass is 10.0. The van der Waals surface area contributed by atoms with E-state index in [0.717, 1.165) is 54.5 Å². The third-order valence-electron chi connectivity index (χ3n) is 6.51. The summed E-state index contributed by atoms with van der Waals surface area (Å²) in [7, 11) is 0. The summed E-state index contributed by atoms with van der Waals surface area (Å²) in [5.74, 6) is -0.305. The van der Waals surface area contributed by atoms with Crippen LogP contribution in [0.3, 0.4) is 0 Å². The molecule has 2 atom stereocenters. The lowest BCUT2D eigenvalue weighted by Gasteiger charge is -2.37. The number of amides is 2. The summed E-state index contributed by atoms with van der Waals surface area (Å²) in [5, 5.41) is 16.5. The minimum Gasteiger partial charge on any atom is -0.371 e. The number of rotatable bonds is 4. The summed E-state index contributed by atoms with van der Waals surface area (Å²) in [5.41, 5.74) is 2.49. The normalized spacial score (nSPS) is 22.3. The van der Waals surface area contributed by atoms with Gasteiger partial charge in [-0.1, -0.05) is 18.0 Å². The van der Waals surface area contributed by atoms with Gasteiger partial charge >= 0.3 is 6.03 Å². The van der Waals surface area contributed by atoms with E-state index in [1.807, 2.05) is 35.9 Å². The van der Waals surface area contributed by atoms with Gasteiger partial charge in [-0.15, -0.1) is 0 Å². The van der Waals surface area contributed by atoms with Crippen molar-refractivity contribution in [2.45, 2.75) is 38.5 Å². The average molecular weight is 457 g/mol. The molecule has 0 aliphatic carbocycles. The zero-order chi connectivity index (χ0) is 22.4. The van der Waals surface area contributed by atoms with Crippen LogP contribution in [0.1, 0.15) is 37.8 Å². The van der Waals surface area contributed by atoms with E-state index < -0.39 is 12.3 Å². The standard InChI is InChI=1S/C24H26ClFN4O2/c1-2-28-23(31)22(30(24(28)32)27-12-4-3-5-13-27)20-15-29(18-9-7-17(26)8-10-18)21-11-6-16(25)14-19(20)21/h6-11,14-15,22-23,31H,2-5,12-13H2,1H3. The highest BCUT2D eigenvalue weighted by Gasteiger charge is 2.49. The quantitative estimate of drug-likeness (QED) is 0.605. The molecule has 2 amide bonds. The van der Waals surface area contributed by atoms with Gasteiger partial charge in [0, 0.05) is 47.5 Å². The van der Waals surface area contributed by atoms with Crippen LogP contribution in [0.2, 0.25) is 5.02 Å². The van der Waals surface area contributed by atoms with Crippen molar-refractivity contribution < 1.29 is 14.3 Å². The Hall–Kier alpha value is -2.61. The Bertz CT molecular complexity index is 1140. The first kappa shape index (κ1) is 21.2. The molecular weight excluding hydrogens is 431 g/mol. The molecule has 32 heavy (non-hydrogen) atoms. The monoisotopic (exact) mass is 456 g/mol. The summed E-state index contributed by atoms with van der Waals surface area (Å²) in [6, 6.07) is 11.1. The van der Waals surface area contributed by atoms with Gasteiger partial charge in [-0.2, -0.15) is 0 Å². The predicted octanol–water partition coefficient (Wildman–Crippen LogP) is 4.94. The maximum Gasteiger partial charge on any atom is 0.337 e. The van der Waals surface area contributed by atoms with Crippen LogP contribution in [-0.4, -0.2) is 56.5 Å². The highest BCUT2D eigenvalue weighted by molar-refractivity contribution is 6.31. The van der Waals surface area contributed by atoms with Gasteiger partial charge < -0.3 is 9.67 Å². The number of hydrogen-bond donors (Lipinski definition) is 1. The fourth-order valence-corrected chi connectivity index (χ4v) is 5.12. The second-order valence-electron chi connectivity index (χ2n) is 8.38. The van der Waals surface area contributed by atoms with E-state index >= 15 is 0 Å². The van der Waals surface area contributed by atoms with Crippen molar-refractivity contribution in [2.75, 3.05) is 19.6 Å². The van der Waals surface area contributed by atoms with E-state index in [2.05, 4.69) is 5.01 Å². The lowest BCUT2D eigenvalue weighted by molar-refractivity contribution is -0.0451. The molecular formula is C24H26ClFN4O2. The van der Waals surface area contributed by atoms with E-state index in [-0.39, 0.29) is 11.8 Å². The molecule has 2 aromatic carbocycles. The number of hydrazine groups is 1. The van der Waals surface area contributed by atoms with Crippen LogP contribution in [0.4, 0.5) is 9.18 Å².